The molecule has 4 atom stereocenters. The Morgan fingerprint density at radius 2 is 1.42 bits per heavy atom. The molecule has 12 heteroatoms. The maximum atomic E-state index is 12.4. The molecule has 0 aliphatic carbocycles. The summed E-state index contributed by atoms with van der Waals surface area (Å²) >= 11 is 7.83. The zero-order valence-corrected chi connectivity index (χ0v) is 16.3. The average Bonchev–Trinajstić information content (AvgIpc) is 2.59. The number of carboxylic acids is 1. The molecule has 150 valence electrons. The molecule has 0 rings (SSSR count). The van der Waals surface area contributed by atoms with E-state index in [0.717, 1.165) is 0 Å². The van der Waals surface area contributed by atoms with Gasteiger partial charge in [0.2, 0.25) is 17.7 Å². The maximum Gasteiger partial charge on any atom is 0.327 e. The van der Waals surface area contributed by atoms with Crippen molar-refractivity contribution in [2.45, 2.75) is 38.0 Å². The van der Waals surface area contributed by atoms with E-state index < -0.39 is 54.5 Å². The number of nitrogens with one attached hydrogen (secondary N) is 3. The van der Waals surface area contributed by atoms with Gasteiger partial charge in [-0.3, -0.25) is 14.4 Å². The highest BCUT2D eigenvalue weighted by atomic mass is 32.1. The third-order valence-electron chi connectivity index (χ3n) is 3.39. The standard InChI is InChI=1S/C14H26N4O6S2/c1-6(2)10(18-11(20)7(15)3-19)13(22)16-8(4-25)12(21)17-9(5-26)14(23)24/h6-10,19,25-26H,3-5,15H2,1-2H3,(H,16,22)(H,17,21)(H,18,20)(H,23,24). The predicted octanol–water partition coefficient (Wildman–Crippen LogP) is -2.64. The van der Waals surface area contributed by atoms with Gasteiger partial charge < -0.3 is 31.9 Å². The molecular weight excluding hydrogens is 384 g/mol. The van der Waals surface area contributed by atoms with Crippen LogP contribution in [-0.4, -0.2) is 76.2 Å². The van der Waals surface area contributed by atoms with E-state index in [1.165, 1.54) is 0 Å². The third kappa shape index (κ3) is 7.81. The van der Waals surface area contributed by atoms with Crippen LogP contribution >= 0.6 is 25.3 Å². The Hall–Kier alpha value is -1.50. The number of carbonyl (C=O) groups is 4. The fourth-order valence-corrected chi connectivity index (χ4v) is 2.30. The lowest BCUT2D eigenvalue weighted by molar-refractivity contribution is -0.141. The summed E-state index contributed by atoms with van der Waals surface area (Å²) < 4.78 is 0. The average molecular weight is 411 g/mol. The molecule has 0 saturated heterocycles. The first kappa shape index (κ1) is 24.5. The Kier molecular flexibility index (Phi) is 11.3. The first-order valence-corrected chi connectivity index (χ1v) is 9.07. The first-order valence-electron chi connectivity index (χ1n) is 7.81. The van der Waals surface area contributed by atoms with Crippen LogP contribution < -0.4 is 21.7 Å². The van der Waals surface area contributed by atoms with Gasteiger partial charge in [-0.15, -0.1) is 0 Å². The van der Waals surface area contributed by atoms with Gasteiger partial charge >= 0.3 is 5.97 Å². The van der Waals surface area contributed by atoms with E-state index in [1.807, 2.05) is 0 Å². The zero-order valence-electron chi connectivity index (χ0n) is 14.5. The van der Waals surface area contributed by atoms with Crippen LogP contribution in [0.15, 0.2) is 0 Å². The molecule has 7 N–H and O–H groups in total. The molecule has 0 aromatic rings. The molecule has 0 fully saturated rings. The molecular formula is C14H26N4O6S2. The molecule has 0 heterocycles. The topological polar surface area (TPSA) is 171 Å². The molecule has 0 aromatic heterocycles. The summed E-state index contributed by atoms with van der Waals surface area (Å²) in [6, 6.07) is -4.51. The Labute approximate surface area is 162 Å². The highest BCUT2D eigenvalue weighted by Gasteiger charge is 2.30. The van der Waals surface area contributed by atoms with Gasteiger partial charge in [0.25, 0.3) is 0 Å². The van der Waals surface area contributed by atoms with Crippen molar-refractivity contribution in [3.05, 3.63) is 0 Å². The van der Waals surface area contributed by atoms with Crippen molar-refractivity contribution in [2.24, 2.45) is 11.7 Å². The summed E-state index contributed by atoms with van der Waals surface area (Å²) in [5.41, 5.74) is 5.41. The number of amides is 3. The van der Waals surface area contributed by atoms with E-state index in [1.54, 1.807) is 13.8 Å². The largest absolute Gasteiger partial charge is 0.480 e. The van der Waals surface area contributed by atoms with Gasteiger partial charge in [-0.25, -0.2) is 4.79 Å². The van der Waals surface area contributed by atoms with Crippen LogP contribution in [0.1, 0.15) is 13.8 Å². The summed E-state index contributed by atoms with van der Waals surface area (Å²) in [5, 5.41) is 24.9. The fraction of sp³-hybridized carbons (Fsp3) is 0.714. The van der Waals surface area contributed by atoms with Gasteiger partial charge in [0.1, 0.15) is 24.2 Å². The second kappa shape index (κ2) is 12.0. The van der Waals surface area contributed by atoms with Gasteiger partial charge in [0.05, 0.1) is 6.61 Å². The van der Waals surface area contributed by atoms with Crippen LogP contribution in [0.3, 0.4) is 0 Å². The van der Waals surface area contributed by atoms with Crippen molar-refractivity contribution >= 4 is 48.9 Å². The molecule has 10 nitrogen and oxygen atoms in total. The van der Waals surface area contributed by atoms with Crippen molar-refractivity contribution in [3.63, 3.8) is 0 Å². The predicted molar refractivity (Wildman–Crippen MR) is 101 cm³/mol. The second-order valence-electron chi connectivity index (χ2n) is 5.85. The van der Waals surface area contributed by atoms with Gasteiger partial charge in [-0.1, -0.05) is 13.8 Å². The van der Waals surface area contributed by atoms with Gasteiger partial charge in [0, 0.05) is 11.5 Å². The van der Waals surface area contributed by atoms with Crippen LogP contribution in [0.5, 0.6) is 0 Å². The Morgan fingerprint density at radius 3 is 1.81 bits per heavy atom. The number of aliphatic carboxylic acids is 1. The molecule has 26 heavy (non-hydrogen) atoms. The molecule has 0 radical (unpaired) electrons. The van der Waals surface area contributed by atoms with Crippen molar-refractivity contribution in [3.8, 4) is 0 Å². The molecule has 4 unspecified atom stereocenters. The Balaban J connectivity index is 5.04. The maximum absolute atomic E-state index is 12.4. The second-order valence-corrected chi connectivity index (χ2v) is 6.58. The minimum Gasteiger partial charge on any atom is -0.480 e. The van der Waals surface area contributed by atoms with E-state index in [2.05, 4.69) is 41.2 Å². The summed E-state index contributed by atoms with van der Waals surface area (Å²) in [4.78, 5) is 47.3. The number of carbonyl (C=O) groups excluding carboxylic acids is 3. The third-order valence-corrected chi connectivity index (χ3v) is 4.12. The number of nitrogens with two attached hydrogens (primary N) is 1. The minimum atomic E-state index is -1.26. The number of thiol groups is 2. The SMILES string of the molecule is CC(C)C(NC(=O)C(N)CO)C(=O)NC(CS)C(=O)NC(CS)C(=O)O. The zero-order chi connectivity index (χ0) is 20.4. The Bertz CT molecular complexity index is 520. The lowest BCUT2D eigenvalue weighted by Crippen LogP contribution is -2.59. The molecule has 0 spiro atoms. The number of aliphatic hydroxyl groups is 1. The number of carboxylic acid groups (broad SMARTS) is 1. The lowest BCUT2D eigenvalue weighted by atomic mass is 10.0. The monoisotopic (exact) mass is 410 g/mol. The normalized spacial score (nSPS) is 15.5. The van der Waals surface area contributed by atoms with E-state index >= 15 is 0 Å². The highest BCUT2D eigenvalue weighted by molar-refractivity contribution is 7.80. The van der Waals surface area contributed by atoms with Crippen LogP contribution in [-0.2, 0) is 19.2 Å². The molecule has 0 bridgehead atoms. The smallest absolute Gasteiger partial charge is 0.327 e. The lowest BCUT2D eigenvalue weighted by Gasteiger charge is -2.26. The number of rotatable bonds is 11. The molecule has 0 aliphatic rings. The van der Waals surface area contributed by atoms with Crippen LogP contribution in [0.25, 0.3) is 0 Å². The van der Waals surface area contributed by atoms with Crippen LogP contribution in [0.2, 0.25) is 0 Å². The van der Waals surface area contributed by atoms with Gasteiger partial charge in [-0.05, 0) is 5.92 Å². The Morgan fingerprint density at radius 1 is 0.923 bits per heavy atom. The fourth-order valence-electron chi connectivity index (χ4n) is 1.79. The van der Waals surface area contributed by atoms with Crippen molar-refractivity contribution < 1.29 is 29.4 Å². The van der Waals surface area contributed by atoms with Crippen LogP contribution in [0.4, 0.5) is 0 Å². The molecule has 3 amide bonds. The van der Waals surface area contributed by atoms with Crippen molar-refractivity contribution in [2.75, 3.05) is 18.1 Å². The molecule has 0 aliphatic heterocycles. The van der Waals surface area contributed by atoms with E-state index in [0.29, 0.717) is 0 Å². The number of hydrogen-bond acceptors (Lipinski definition) is 8. The summed E-state index contributed by atoms with van der Waals surface area (Å²) in [5.74, 6) is -3.93. The van der Waals surface area contributed by atoms with E-state index in [9.17, 15) is 19.2 Å². The van der Waals surface area contributed by atoms with Crippen molar-refractivity contribution in [1.82, 2.24) is 16.0 Å². The summed E-state index contributed by atoms with van der Waals surface area (Å²) in [6.45, 7) is 2.76. The summed E-state index contributed by atoms with van der Waals surface area (Å²) in [7, 11) is 0. The van der Waals surface area contributed by atoms with E-state index in [-0.39, 0.29) is 17.4 Å². The first-order chi connectivity index (χ1) is 12.1. The minimum absolute atomic E-state index is 0.0919. The van der Waals surface area contributed by atoms with Gasteiger partial charge in [-0.2, -0.15) is 25.3 Å². The highest BCUT2D eigenvalue weighted by Crippen LogP contribution is 2.04. The molecule has 0 saturated carbocycles. The summed E-state index contributed by atoms with van der Waals surface area (Å²) in [6.07, 6.45) is 0. The number of aliphatic hydroxyl groups excluding tert-OH is 1. The van der Waals surface area contributed by atoms with Gasteiger partial charge in [0.15, 0.2) is 0 Å². The van der Waals surface area contributed by atoms with E-state index in [4.69, 9.17) is 15.9 Å². The number of hydrogen-bond donors (Lipinski definition) is 8. The van der Waals surface area contributed by atoms with Crippen molar-refractivity contribution in [1.29, 1.82) is 0 Å². The van der Waals surface area contributed by atoms with Crippen LogP contribution in [0, 0.1) is 5.92 Å². The molecule has 0 aromatic carbocycles. The quantitative estimate of drug-likeness (QED) is 0.172.